The number of aromatic nitrogens is 1. The molecule has 0 spiro atoms. The first kappa shape index (κ1) is 15.6. The predicted molar refractivity (Wildman–Crippen MR) is 83.7 cm³/mol. The van der Waals surface area contributed by atoms with E-state index < -0.39 is 0 Å². The summed E-state index contributed by atoms with van der Waals surface area (Å²) < 4.78 is 0. The molecule has 6 nitrogen and oxygen atoms in total. The van der Waals surface area contributed by atoms with Gasteiger partial charge in [-0.1, -0.05) is 6.07 Å². The number of carbonyl (C=O) groups is 3. The molecule has 0 bridgehead atoms. The third kappa shape index (κ3) is 3.57. The first-order valence-corrected chi connectivity index (χ1v) is 8.16. The van der Waals surface area contributed by atoms with E-state index in [-0.39, 0.29) is 30.1 Å². The van der Waals surface area contributed by atoms with Gasteiger partial charge in [0.25, 0.3) is 0 Å². The Morgan fingerprint density at radius 3 is 2.78 bits per heavy atom. The largest absolute Gasteiger partial charge is 0.340 e. The van der Waals surface area contributed by atoms with Crippen molar-refractivity contribution in [3.8, 4) is 0 Å². The van der Waals surface area contributed by atoms with E-state index in [1.165, 1.54) is 0 Å². The lowest BCUT2D eigenvalue weighted by Crippen LogP contribution is -2.46. The van der Waals surface area contributed by atoms with Crippen LogP contribution in [0.4, 0.5) is 0 Å². The highest BCUT2D eigenvalue weighted by Gasteiger charge is 2.31. The van der Waals surface area contributed by atoms with Crippen LogP contribution in [0, 0.1) is 5.92 Å². The van der Waals surface area contributed by atoms with Gasteiger partial charge in [-0.15, -0.1) is 0 Å². The third-order valence-electron chi connectivity index (χ3n) is 4.56. The lowest BCUT2D eigenvalue weighted by Gasteiger charge is -2.33. The Hall–Kier alpha value is -2.24. The standard InChI is InChI=1S/C17H21N3O3/c21-15-7-4-10-20(15)12-16(22)19-9-3-5-13(11-19)17(23)14-6-1-2-8-18-14/h1-2,6,8,13H,3-5,7,9-12H2. The zero-order valence-electron chi connectivity index (χ0n) is 13.1. The van der Waals surface area contributed by atoms with Crippen LogP contribution in [0.1, 0.15) is 36.2 Å². The summed E-state index contributed by atoms with van der Waals surface area (Å²) in [5, 5.41) is 0. The molecular weight excluding hydrogens is 294 g/mol. The van der Waals surface area contributed by atoms with Crippen LogP contribution in [0.15, 0.2) is 24.4 Å². The number of hydrogen-bond acceptors (Lipinski definition) is 4. The molecule has 23 heavy (non-hydrogen) atoms. The fourth-order valence-corrected chi connectivity index (χ4v) is 3.27. The van der Waals surface area contributed by atoms with Crippen molar-refractivity contribution in [3.05, 3.63) is 30.1 Å². The zero-order valence-corrected chi connectivity index (χ0v) is 13.1. The highest BCUT2D eigenvalue weighted by atomic mass is 16.2. The second-order valence-electron chi connectivity index (χ2n) is 6.18. The van der Waals surface area contributed by atoms with E-state index in [1.54, 1.807) is 34.2 Å². The minimum atomic E-state index is -0.197. The molecule has 2 aliphatic heterocycles. The number of carbonyl (C=O) groups excluding carboxylic acids is 3. The summed E-state index contributed by atoms with van der Waals surface area (Å²) in [6.45, 7) is 1.89. The van der Waals surface area contributed by atoms with E-state index in [0.29, 0.717) is 31.7 Å². The Morgan fingerprint density at radius 1 is 1.22 bits per heavy atom. The topological polar surface area (TPSA) is 70.6 Å². The average molecular weight is 315 g/mol. The average Bonchev–Trinajstić information content (AvgIpc) is 3.00. The molecule has 0 aromatic carbocycles. The first-order valence-electron chi connectivity index (χ1n) is 8.16. The van der Waals surface area contributed by atoms with Crippen LogP contribution < -0.4 is 0 Å². The summed E-state index contributed by atoms with van der Waals surface area (Å²) >= 11 is 0. The molecule has 2 fully saturated rings. The number of amides is 2. The Bertz CT molecular complexity index is 602. The highest BCUT2D eigenvalue weighted by Crippen LogP contribution is 2.21. The molecule has 0 aliphatic carbocycles. The number of hydrogen-bond donors (Lipinski definition) is 0. The van der Waals surface area contributed by atoms with Gasteiger partial charge in [0.2, 0.25) is 11.8 Å². The van der Waals surface area contributed by atoms with E-state index in [9.17, 15) is 14.4 Å². The monoisotopic (exact) mass is 315 g/mol. The van der Waals surface area contributed by atoms with Crippen LogP contribution >= 0.6 is 0 Å². The molecule has 3 heterocycles. The third-order valence-corrected chi connectivity index (χ3v) is 4.56. The number of rotatable bonds is 4. The fraction of sp³-hybridized carbons (Fsp3) is 0.529. The molecule has 3 rings (SSSR count). The van der Waals surface area contributed by atoms with E-state index in [1.807, 2.05) is 0 Å². The van der Waals surface area contributed by atoms with Crippen molar-refractivity contribution in [3.63, 3.8) is 0 Å². The highest BCUT2D eigenvalue weighted by molar-refractivity contribution is 5.96. The van der Waals surface area contributed by atoms with Crippen LogP contribution in [0.2, 0.25) is 0 Å². The number of piperidine rings is 1. The second-order valence-corrected chi connectivity index (χ2v) is 6.18. The molecule has 1 atom stereocenters. The van der Waals surface area contributed by atoms with Gasteiger partial charge < -0.3 is 9.80 Å². The minimum Gasteiger partial charge on any atom is -0.340 e. The Kier molecular flexibility index (Phi) is 4.69. The van der Waals surface area contributed by atoms with E-state index in [2.05, 4.69) is 4.98 Å². The summed E-state index contributed by atoms with van der Waals surface area (Å²) in [5.41, 5.74) is 0.460. The van der Waals surface area contributed by atoms with E-state index in [4.69, 9.17) is 0 Å². The van der Waals surface area contributed by atoms with Crippen LogP contribution in [0.3, 0.4) is 0 Å². The van der Waals surface area contributed by atoms with Crippen molar-refractivity contribution in [1.29, 1.82) is 0 Å². The van der Waals surface area contributed by atoms with Crippen molar-refractivity contribution < 1.29 is 14.4 Å². The maximum absolute atomic E-state index is 12.5. The lowest BCUT2D eigenvalue weighted by molar-refractivity contribution is -0.139. The van der Waals surface area contributed by atoms with Crippen molar-refractivity contribution in [2.45, 2.75) is 25.7 Å². The molecule has 1 aromatic heterocycles. The molecule has 2 amide bonds. The fourth-order valence-electron chi connectivity index (χ4n) is 3.27. The van der Waals surface area contributed by atoms with Gasteiger partial charge in [0.15, 0.2) is 5.78 Å². The van der Waals surface area contributed by atoms with E-state index >= 15 is 0 Å². The Balaban J connectivity index is 1.60. The summed E-state index contributed by atoms with van der Waals surface area (Å²) in [6, 6.07) is 5.29. The number of nitrogens with zero attached hydrogens (tertiary/aromatic N) is 3. The quantitative estimate of drug-likeness (QED) is 0.781. The van der Waals surface area contributed by atoms with Gasteiger partial charge >= 0.3 is 0 Å². The summed E-state index contributed by atoms with van der Waals surface area (Å²) in [7, 11) is 0. The van der Waals surface area contributed by atoms with Crippen LogP contribution in [0.5, 0.6) is 0 Å². The van der Waals surface area contributed by atoms with E-state index in [0.717, 1.165) is 19.3 Å². The molecule has 0 saturated carbocycles. The molecule has 2 aliphatic rings. The Morgan fingerprint density at radius 2 is 2.09 bits per heavy atom. The van der Waals surface area contributed by atoms with Gasteiger partial charge in [-0.05, 0) is 31.4 Å². The maximum atomic E-state index is 12.5. The van der Waals surface area contributed by atoms with Gasteiger partial charge in [-0.2, -0.15) is 0 Å². The molecule has 2 saturated heterocycles. The first-order chi connectivity index (χ1) is 11.1. The molecule has 0 N–H and O–H groups in total. The summed E-state index contributed by atoms with van der Waals surface area (Å²) in [6.07, 6.45) is 4.56. The lowest BCUT2D eigenvalue weighted by atomic mass is 9.92. The normalized spacial score (nSPS) is 21.6. The number of pyridine rings is 1. The van der Waals surface area contributed by atoms with Crippen molar-refractivity contribution in [1.82, 2.24) is 14.8 Å². The second kappa shape index (κ2) is 6.89. The molecular formula is C17H21N3O3. The van der Waals surface area contributed by atoms with Gasteiger partial charge in [-0.25, -0.2) is 0 Å². The number of likely N-dealkylation sites (tertiary alicyclic amines) is 2. The SMILES string of the molecule is O=C(c1ccccn1)C1CCCN(C(=O)CN2CCCC2=O)C1. The van der Waals surface area contributed by atoms with Gasteiger partial charge in [0, 0.05) is 38.2 Å². The zero-order chi connectivity index (χ0) is 16.2. The van der Waals surface area contributed by atoms with Crippen LogP contribution in [0.25, 0.3) is 0 Å². The predicted octanol–water partition coefficient (Wildman–Crippen LogP) is 1.13. The Labute approximate surface area is 135 Å². The van der Waals surface area contributed by atoms with Crippen molar-refractivity contribution >= 4 is 17.6 Å². The molecule has 1 unspecified atom stereocenters. The molecule has 1 aromatic rings. The van der Waals surface area contributed by atoms with Gasteiger partial charge in [0.1, 0.15) is 5.69 Å². The molecule has 0 radical (unpaired) electrons. The van der Waals surface area contributed by atoms with Crippen molar-refractivity contribution in [2.24, 2.45) is 5.92 Å². The number of Topliss-reactive ketones (excluding diaryl/α,β-unsaturated/α-hetero) is 1. The van der Waals surface area contributed by atoms with Gasteiger partial charge in [0.05, 0.1) is 6.54 Å². The number of ketones is 1. The maximum Gasteiger partial charge on any atom is 0.242 e. The van der Waals surface area contributed by atoms with Crippen LogP contribution in [-0.4, -0.2) is 58.6 Å². The van der Waals surface area contributed by atoms with Crippen LogP contribution in [-0.2, 0) is 9.59 Å². The summed E-state index contributed by atoms with van der Waals surface area (Å²) in [5.74, 6) is -0.201. The molecule has 6 heteroatoms. The minimum absolute atomic E-state index is 0.000323. The van der Waals surface area contributed by atoms with Crippen molar-refractivity contribution in [2.75, 3.05) is 26.2 Å². The molecule has 122 valence electrons. The van der Waals surface area contributed by atoms with Gasteiger partial charge in [-0.3, -0.25) is 19.4 Å². The summed E-state index contributed by atoms with van der Waals surface area (Å²) in [4.78, 5) is 44.0. The smallest absolute Gasteiger partial charge is 0.242 e.